The van der Waals surface area contributed by atoms with Crippen LogP contribution >= 0.6 is 0 Å². The van der Waals surface area contributed by atoms with Gasteiger partial charge >= 0.3 is 22.1 Å². The fourth-order valence-corrected chi connectivity index (χ4v) is 6.64. The lowest BCUT2D eigenvalue weighted by molar-refractivity contribution is -0.159. The van der Waals surface area contributed by atoms with Crippen molar-refractivity contribution in [2.75, 3.05) is 25.9 Å². The summed E-state index contributed by atoms with van der Waals surface area (Å²) in [5.41, 5.74) is 1.48. The number of nitrogens with zero attached hydrogens (tertiary/aromatic N) is 2. The summed E-state index contributed by atoms with van der Waals surface area (Å²) in [7, 11) is -5.42. The Kier molecular flexibility index (Phi) is 9.18. The SMILES string of the molecule is CCCS(=O)(=O)n1cc(C2CCN(C)CC2)c2cc(OS(=O)(=O)c3ccccc3)ccc21.O=C(O)C(=O)O. The van der Waals surface area contributed by atoms with Crippen molar-refractivity contribution in [2.45, 2.75) is 37.0 Å². The number of aliphatic carboxylic acids is 2. The zero-order valence-electron chi connectivity index (χ0n) is 21.0. The predicted molar refractivity (Wildman–Crippen MR) is 140 cm³/mol. The van der Waals surface area contributed by atoms with Crippen molar-refractivity contribution >= 4 is 43.0 Å². The van der Waals surface area contributed by atoms with Crippen LogP contribution in [-0.2, 0) is 29.7 Å². The van der Waals surface area contributed by atoms with Crippen LogP contribution in [0.15, 0.2) is 59.6 Å². The third kappa shape index (κ3) is 6.91. The maximum Gasteiger partial charge on any atom is 0.414 e. The number of benzene rings is 2. The molecule has 11 nitrogen and oxygen atoms in total. The van der Waals surface area contributed by atoms with E-state index in [-0.39, 0.29) is 22.3 Å². The number of carboxylic acids is 2. The first-order valence-electron chi connectivity index (χ1n) is 11.9. The first-order chi connectivity index (χ1) is 17.9. The number of rotatable bonds is 7. The van der Waals surface area contributed by atoms with Crippen LogP contribution in [0.1, 0.15) is 37.7 Å². The smallest absolute Gasteiger partial charge is 0.414 e. The fraction of sp³-hybridized carbons (Fsp3) is 0.360. The van der Waals surface area contributed by atoms with Gasteiger partial charge in [-0.25, -0.2) is 22.0 Å². The van der Waals surface area contributed by atoms with Crippen molar-refractivity contribution in [1.29, 1.82) is 0 Å². The number of hydrogen-bond acceptors (Lipinski definition) is 8. The highest BCUT2D eigenvalue weighted by molar-refractivity contribution is 7.90. The van der Waals surface area contributed by atoms with Crippen LogP contribution in [0.2, 0.25) is 0 Å². The minimum absolute atomic E-state index is 0.0459. The summed E-state index contributed by atoms with van der Waals surface area (Å²) in [6.07, 6.45) is 4.07. The molecular weight excluding hydrogens is 536 g/mol. The number of piperidine rings is 1. The Morgan fingerprint density at radius 2 is 1.58 bits per heavy atom. The van der Waals surface area contributed by atoms with E-state index in [1.54, 1.807) is 36.5 Å². The van der Waals surface area contributed by atoms with Gasteiger partial charge in [0.25, 0.3) is 0 Å². The Labute approximate surface area is 221 Å². The third-order valence-corrected chi connectivity index (χ3v) is 9.20. The molecule has 0 unspecified atom stereocenters. The van der Waals surface area contributed by atoms with Crippen molar-refractivity contribution in [3.8, 4) is 5.75 Å². The molecule has 0 saturated carbocycles. The summed E-state index contributed by atoms with van der Waals surface area (Å²) in [6, 6.07) is 12.8. The van der Waals surface area contributed by atoms with Crippen LogP contribution < -0.4 is 4.18 Å². The Hall–Kier alpha value is -3.42. The second kappa shape index (κ2) is 12.0. The van der Waals surface area contributed by atoms with Gasteiger partial charge in [0.15, 0.2) is 0 Å². The lowest BCUT2D eigenvalue weighted by Crippen LogP contribution is -2.29. The zero-order valence-corrected chi connectivity index (χ0v) is 22.6. The molecule has 206 valence electrons. The van der Waals surface area contributed by atoms with Gasteiger partial charge in [0.1, 0.15) is 10.6 Å². The highest BCUT2D eigenvalue weighted by Crippen LogP contribution is 2.37. The largest absolute Gasteiger partial charge is 0.473 e. The number of aromatic nitrogens is 1. The standard InChI is InChI=1S/C23H28N2O5S2.C2H2O4/c1-3-15-31(26,27)25-17-22(18-11-13-24(2)14-12-18)21-16-19(9-10-23(21)25)30-32(28,29)20-7-5-4-6-8-20;3-1(4)2(5)6/h4-10,16-18H,3,11-15H2,1-2H3;(H,3,4)(H,5,6). The molecule has 0 aliphatic carbocycles. The van der Waals surface area contributed by atoms with Gasteiger partial charge in [0.05, 0.1) is 11.3 Å². The molecule has 13 heteroatoms. The molecule has 1 fully saturated rings. The Balaban J connectivity index is 0.000000599. The third-order valence-electron chi connectivity index (χ3n) is 6.11. The van der Waals surface area contributed by atoms with E-state index in [1.807, 2.05) is 6.92 Å². The van der Waals surface area contributed by atoms with E-state index in [9.17, 15) is 16.8 Å². The molecule has 0 amide bonds. The van der Waals surface area contributed by atoms with Gasteiger partial charge in [-0.05, 0) is 81.2 Å². The van der Waals surface area contributed by atoms with E-state index in [4.69, 9.17) is 24.0 Å². The summed E-state index contributed by atoms with van der Waals surface area (Å²) < 4.78 is 58.0. The van der Waals surface area contributed by atoms with Gasteiger partial charge in [-0.2, -0.15) is 8.42 Å². The molecule has 2 aromatic carbocycles. The van der Waals surface area contributed by atoms with Crippen LogP contribution in [0.5, 0.6) is 5.75 Å². The lowest BCUT2D eigenvalue weighted by Gasteiger charge is -2.28. The molecular formula is C25H30N2O9S2. The van der Waals surface area contributed by atoms with Crippen LogP contribution in [0.3, 0.4) is 0 Å². The number of carbonyl (C=O) groups is 2. The van der Waals surface area contributed by atoms with Crippen molar-refractivity contribution in [3.05, 3.63) is 60.3 Å². The lowest BCUT2D eigenvalue weighted by atomic mass is 9.89. The predicted octanol–water partition coefficient (Wildman–Crippen LogP) is 2.96. The number of carboxylic acid groups (broad SMARTS) is 2. The van der Waals surface area contributed by atoms with E-state index >= 15 is 0 Å². The molecule has 0 bridgehead atoms. The fourth-order valence-electron chi connectivity index (χ4n) is 4.25. The Bertz CT molecular complexity index is 1490. The first-order valence-corrected chi connectivity index (χ1v) is 14.9. The molecule has 1 aliphatic heterocycles. The number of likely N-dealkylation sites (tertiary alicyclic amines) is 1. The van der Waals surface area contributed by atoms with Gasteiger partial charge in [-0.15, -0.1) is 0 Å². The van der Waals surface area contributed by atoms with E-state index < -0.39 is 32.1 Å². The Morgan fingerprint density at radius 3 is 2.13 bits per heavy atom. The molecule has 38 heavy (non-hydrogen) atoms. The van der Waals surface area contributed by atoms with Crippen LogP contribution in [0.4, 0.5) is 0 Å². The average molecular weight is 567 g/mol. The summed E-state index contributed by atoms with van der Waals surface area (Å²) in [6.45, 7) is 3.69. The summed E-state index contributed by atoms with van der Waals surface area (Å²) >= 11 is 0. The Morgan fingerprint density at radius 1 is 0.974 bits per heavy atom. The summed E-state index contributed by atoms with van der Waals surface area (Å²) in [5.74, 6) is -3.23. The molecule has 0 spiro atoms. The molecule has 2 N–H and O–H groups in total. The van der Waals surface area contributed by atoms with E-state index in [1.165, 1.54) is 22.2 Å². The maximum atomic E-state index is 12.9. The van der Waals surface area contributed by atoms with E-state index in [0.717, 1.165) is 36.9 Å². The van der Waals surface area contributed by atoms with Gasteiger partial charge in [0.2, 0.25) is 10.0 Å². The molecule has 0 atom stereocenters. The summed E-state index contributed by atoms with van der Waals surface area (Å²) in [5, 5.41) is 15.5. The average Bonchev–Trinajstić information content (AvgIpc) is 3.25. The summed E-state index contributed by atoms with van der Waals surface area (Å²) in [4.78, 5) is 20.5. The zero-order chi connectivity index (χ0) is 28.1. The minimum atomic E-state index is -3.99. The molecule has 4 rings (SSSR count). The van der Waals surface area contributed by atoms with Gasteiger partial charge in [-0.3, -0.25) is 0 Å². The molecule has 2 heterocycles. The van der Waals surface area contributed by atoms with Crippen molar-refractivity contribution in [1.82, 2.24) is 8.87 Å². The minimum Gasteiger partial charge on any atom is -0.473 e. The highest BCUT2D eigenvalue weighted by Gasteiger charge is 2.26. The molecule has 1 saturated heterocycles. The van der Waals surface area contributed by atoms with Crippen molar-refractivity contribution in [3.63, 3.8) is 0 Å². The van der Waals surface area contributed by atoms with Gasteiger partial charge < -0.3 is 19.3 Å². The topological polar surface area (TPSA) is 160 Å². The number of hydrogen-bond donors (Lipinski definition) is 2. The van der Waals surface area contributed by atoms with Crippen LogP contribution in [0, 0.1) is 0 Å². The van der Waals surface area contributed by atoms with Crippen LogP contribution in [0.25, 0.3) is 10.9 Å². The van der Waals surface area contributed by atoms with E-state index in [0.29, 0.717) is 11.9 Å². The highest BCUT2D eigenvalue weighted by atomic mass is 32.2. The second-order valence-corrected chi connectivity index (χ2v) is 12.4. The van der Waals surface area contributed by atoms with Gasteiger partial charge in [0, 0.05) is 11.6 Å². The molecule has 0 radical (unpaired) electrons. The normalized spacial score (nSPS) is 15.0. The first kappa shape index (κ1) is 29.1. The molecule has 3 aromatic rings. The van der Waals surface area contributed by atoms with Crippen molar-refractivity contribution < 1.29 is 40.8 Å². The van der Waals surface area contributed by atoms with Gasteiger partial charge in [-0.1, -0.05) is 25.1 Å². The second-order valence-electron chi connectivity index (χ2n) is 8.91. The van der Waals surface area contributed by atoms with Crippen LogP contribution in [-0.4, -0.2) is 73.7 Å². The molecule has 1 aromatic heterocycles. The maximum absolute atomic E-state index is 12.9. The monoisotopic (exact) mass is 566 g/mol. The quantitative estimate of drug-likeness (QED) is 0.321. The molecule has 1 aliphatic rings. The number of fused-ring (bicyclic) bond motifs is 1. The van der Waals surface area contributed by atoms with E-state index in [2.05, 4.69) is 11.9 Å². The van der Waals surface area contributed by atoms with Crippen molar-refractivity contribution in [2.24, 2.45) is 0 Å².